The number of fused-ring (bicyclic) bond motifs is 4. The highest BCUT2D eigenvalue weighted by Gasteiger charge is 2.49. The van der Waals surface area contributed by atoms with E-state index in [9.17, 15) is 18.8 Å². The Balaban J connectivity index is 1.28. The second-order valence-corrected chi connectivity index (χ2v) is 14.9. The van der Waals surface area contributed by atoms with Gasteiger partial charge in [0.05, 0.1) is 27.4 Å². The molecule has 3 aliphatic rings. The maximum absolute atomic E-state index is 17.1. The number of hydrogen-bond donors (Lipinski definition) is 1. The van der Waals surface area contributed by atoms with Crippen LogP contribution in [-0.2, 0) is 13.1 Å². The molecule has 1 amide bonds. The van der Waals surface area contributed by atoms with Crippen molar-refractivity contribution in [3.05, 3.63) is 52.1 Å². The Hall–Kier alpha value is -4.72. The largest absolute Gasteiger partial charge is 0.461 e. The lowest BCUT2D eigenvalue weighted by atomic mass is 9.95. The lowest BCUT2D eigenvalue weighted by Gasteiger charge is -2.31. The van der Waals surface area contributed by atoms with Gasteiger partial charge in [0.15, 0.2) is 5.82 Å². The number of carbonyl (C=O) groups excluding carboxylic acids is 1. The standard InChI is InChI=1S/C34H32ClF3N10O2S/c1-45(2)32(49)30-41-23-15-46(8-4-10-48(23)44-30)31-19-11-21(35)25(18-5-6-22(37)28-24(18)20(13-39)29(40)51-28)26(38)27(19)42-33(43-31)50-16-34-7-3-9-47(34)14-17(36)12-34/h5-6,11,17H,3-4,7-10,12,14-16,40H2,1-2H3/t17-,34+/m1/s1. The smallest absolute Gasteiger partial charge is 0.319 e. The van der Waals surface area contributed by atoms with Crippen LogP contribution >= 0.6 is 22.9 Å². The fraction of sp³-hybridized carbons (Fsp3) is 0.412. The molecule has 0 bridgehead atoms. The summed E-state index contributed by atoms with van der Waals surface area (Å²) in [7, 11) is 3.24. The van der Waals surface area contributed by atoms with Gasteiger partial charge < -0.3 is 20.3 Å². The molecule has 0 unspecified atom stereocenters. The summed E-state index contributed by atoms with van der Waals surface area (Å²) in [6.45, 7) is 2.34. The molecule has 51 heavy (non-hydrogen) atoms. The van der Waals surface area contributed by atoms with Crippen LogP contribution < -0.4 is 15.4 Å². The van der Waals surface area contributed by atoms with E-state index in [1.165, 1.54) is 17.0 Å². The second-order valence-electron chi connectivity index (χ2n) is 13.4. The van der Waals surface area contributed by atoms with E-state index in [1.807, 2.05) is 11.0 Å². The first kappa shape index (κ1) is 33.4. The van der Waals surface area contributed by atoms with Gasteiger partial charge in [-0.2, -0.15) is 15.2 Å². The third-order valence-electron chi connectivity index (χ3n) is 10.0. The molecule has 6 heterocycles. The zero-order chi connectivity index (χ0) is 35.8. The molecule has 3 aromatic heterocycles. The molecule has 8 rings (SSSR count). The SMILES string of the molecule is CN(C)C(=O)c1nc2n(n1)CCCN(c1nc(OC[C@@]34CCCN3C[C@H](F)C4)nc3c(F)c(-c4ccc(F)c5sc(N)c(C#N)c45)c(Cl)cc13)C2. The number of nitrogens with zero attached hydrogens (tertiary/aromatic N) is 9. The predicted molar refractivity (Wildman–Crippen MR) is 187 cm³/mol. The average Bonchev–Trinajstić information content (AvgIpc) is 3.82. The number of thiophene rings is 1. The number of rotatable bonds is 6. The number of nitrogen functional groups attached to an aromatic ring is 1. The van der Waals surface area contributed by atoms with Crippen molar-refractivity contribution in [2.24, 2.45) is 0 Å². The van der Waals surface area contributed by atoms with E-state index < -0.39 is 23.3 Å². The molecule has 2 saturated heterocycles. The summed E-state index contributed by atoms with van der Waals surface area (Å²) in [6.07, 6.45) is 1.61. The lowest BCUT2D eigenvalue weighted by Crippen LogP contribution is -2.43. The molecule has 3 aliphatic heterocycles. The number of carbonyl (C=O) groups is 1. The van der Waals surface area contributed by atoms with E-state index in [1.54, 1.807) is 24.8 Å². The van der Waals surface area contributed by atoms with Gasteiger partial charge in [-0.25, -0.2) is 22.8 Å². The van der Waals surface area contributed by atoms with Gasteiger partial charge in [-0.15, -0.1) is 16.4 Å². The molecule has 0 spiro atoms. The van der Waals surface area contributed by atoms with Crippen LogP contribution in [0.3, 0.4) is 0 Å². The average molecular weight is 737 g/mol. The third-order valence-corrected chi connectivity index (χ3v) is 11.4. The molecule has 2 atom stereocenters. The van der Waals surface area contributed by atoms with Crippen molar-refractivity contribution >= 4 is 60.7 Å². The summed E-state index contributed by atoms with van der Waals surface area (Å²) in [5.74, 6) is -0.866. The molecule has 2 fully saturated rings. The fourth-order valence-electron chi connectivity index (χ4n) is 7.67. The van der Waals surface area contributed by atoms with Crippen LogP contribution in [0.25, 0.3) is 32.1 Å². The number of aromatic nitrogens is 5. The first-order valence-electron chi connectivity index (χ1n) is 16.5. The lowest BCUT2D eigenvalue weighted by molar-refractivity contribution is 0.0815. The number of aryl methyl sites for hydroxylation is 1. The van der Waals surface area contributed by atoms with Gasteiger partial charge in [0.25, 0.3) is 5.91 Å². The molecular weight excluding hydrogens is 705 g/mol. The number of nitrogens with two attached hydrogens (primary N) is 1. The summed E-state index contributed by atoms with van der Waals surface area (Å²) >= 11 is 7.78. The number of anilines is 2. The van der Waals surface area contributed by atoms with E-state index in [0.29, 0.717) is 44.1 Å². The molecule has 264 valence electrons. The molecule has 5 aromatic rings. The summed E-state index contributed by atoms with van der Waals surface area (Å²) < 4.78 is 54.7. The number of halogens is 4. The molecule has 2 aromatic carbocycles. The molecule has 0 radical (unpaired) electrons. The summed E-state index contributed by atoms with van der Waals surface area (Å²) in [5, 5.41) is 14.8. The number of amides is 1. The Morgan fingerprint density at radius 3 is 2.82 bits per heavy atom. The van der Waals surface area contributed by atoms with Crippen molar-refractivity contribution in [1.82, 2.24) is 34.5 Å². The highest BCUT2D eigenvalue weighted by Crippen LogP contribution is 2.46. The topological polar surface area (TPSA) is 142 Å². The normalized spacial score (nSPS) is 20.4. The van der Waals surface area contributed by atoms with Crippen molar-refractivity contribution in [1.29, 1.82) is 5.26 Å². The molecule has 0 aliphatic carbocycles. The van der Waals surface area contributed by atoms with E-state index >= 15 is 4.39 Å². The Morgan fingerprint density at radius 1 is 1.22 bits per heavy atom. The molecule has 12 nitrogen and oxygen atoms in total. The minimum atomic E-state index is -0.972. The van der Waals surface area contributed by atoms with Crippen molar-refractivity contribution in [2.75, 3.05) is 51.0 Å². The third kappa shape index (κ3) is 5.49. The molecule has 17 heteroatoms. The van der Waals surface area contributed by atoms with Gasteiger partial charge in [0.2, 0.25) is 5.82 Å². The number of ether oxygens (including phenoxy) is 1. The highest BCUT2D eigenvalue weighted by atomic mass is 35.5. The number of hydrogen-bond acceptors (Lipinski definition) is 11. The zero-order valence-corrected chi connectivity index (χ0v) is 29.3. The Labute approximate surface area is 299 Å². The van der Waals surface area contributed by atoms with E-state index in [2.05, 4.69) is 20.0 Å². The minimum absolute atomic E-state index is 0.0163. The van der Waals surface area contributed by atoms with Crippen LogP contribution in [0.4, 0.5) is 24.0 Å². The summed E-state index contributed by atoms with van der Waals surface area (Å²) in [5.41, 5.74) is 5.58. The maximum atomic E-state index is 17.1. The van der Waals surface area contributed by atoms with Gasteiger partial charge in [-0.05, 0) is 43.5 Å². The highest BCUT2D eigenvalue weighted by molar-refractivity contribution is 7.23. The van der Waals surface area contributed by atoms with Gasteiger partial charge >= 0.3 is 6.01 Å². The van der Waals surface area contributed by atoms with Crippen molar-refractivity contribution < 1.29 is 22.7 Å². The van der Waals surface area contributed by atoms with Crippen LogP contribution in [0.2, 0.25) is 5.02 Å². The van der Waals surface area contributed by atoms with Crippen LogP contribution in [0.5, 0.6) is 6.01 Å². The Bertz CT molecular complexity index is 2290. The quantitative estimate of drug-likeness (QED) is 0.236. The number of benzene rings is 2. The van der Waals surface area contributed by atoms with Gasteiger partial charge in [-0.3, -0.25) is 9.69 Å². The van der Waals surface area contributed by atoms with Crippen LogP contribution in [0, 0.1) is 23.0 Å². The van der Waals surface area contributed by atoms with Gasteiger partial charge in [-0.1, -0.05) is 17.7 Å². The van der Waals surface area contributed by atoms with E-state index in [-0.39, 0.29) is 78.6 Å². The van der Waals surface area contributed by atoms with Crippen LogP contribution in [0.1, 0.15) is 47.7 Å². The molecular formula is C34H32ClF3N10O2S. The number of nitriles is 1. The summed E-state index contributed by atoms with van der Waals surface area (Å²) in [4.78, 5) is 31.9. The van der Waals surface area contributed by atoms with Gasteiger partial charge in [0, 0.05) is 56.5 Å². The minimum Gasteiger partial charge on any atom is -0.461 e. The first-order valence-corrected chi connectivity index (χ1v) is 17.7. The Morgan fingerprint density at radius 2 is 2.04 bits per heavy atom. The van der Waals surface area contributed by atoms with Crippen LogP contribution in [-0.4, -0.2) is 92.5 Å². The monoisotopic (exact) mass is 736 g/mol. The first-order chi connectivity index (χ1) is 24.5. The summed E-state index contributed by atoms with van der Waals surface area (Å²) in [6, 6.07) is 6.01. The maximum Gasteiger partial charge on any atom is 0.319 e. The predicted octanol–water partition coefficient (Wildman–Crippen LogP) is 5.56. The van der Waals surface area contributed by atoms with Crippen LogP contribution in [0.15, 0.2) is 18.2 Å². The van der Waals surface area contributed by atoms with Crippen molar-refractivity contribution in [3.63, 3.8) is 0 Å². The van der Waals surface area contributed by atoms with E-state index in [0.717, 1.165) is 30.7 Å². The van der Waals surface area contributed by atoms with Gasteiger partial charge in [0.1, 0.15) is 46.8 Å². The Kier molecular flexibility index (Phi) is 8.19. The van der Waals surface area contributed by atoms with Crippen molar-refractivity contribution in [3.8, 4) is 23.2 Å². The second kappa shape index (κ2) is 12.5. The van der Waals surface area contributed by atoms with Crippen molar-refractivity contribution in [2.45, 2.75) is 50.5 Å². The molecule has 0 saturated carbocycles. The molecule has 2 N–H and O–H groups in total. The number of alkyl halides is 1. The fourth-order valence-corrected chi connectivity index (χ4v) is 8.91. The zero-order valence-electron chi connectivity index (χ0n) is 27.7. The van der Waals surface area contributed by atoms with E-state index in [4.69, 9.17) is 27.1 Å².